The number of benzene rings is 2. The Hall–Kier alpha value is -2.42. The molecule has 0 amide bonds. The van der Waals surface area contributed by atoms with E-state index in [2.05, 4.69) is 0 Å². The third-order valence-corrected chi connectivity index (χ3v) is 4.33. The summed E-state index contributed by atoms with van der Waals surface area (Å²) in [6.45, 7) is 1.97. The van der Waals surface area contributed by atoms with Crippen molar-refractivity contribution in [2.75, 3.05) is 7.11 Å². The second-order valence-corrected chi connectivity index (χ2v) is 5.73. The van der Waals surface area contributed by atoms with Crippen LogP contribution in [0.25, 0.3) is 0 Å². The zero-order valence-electron chi connectivity index (χ0n) is 12.8. The Kier molecular flexibility index (Phi) is 3.80. The molecule has 3 heteroatoms. The second-order valence-electron chi connectivity index (χ2n) is 5.73. The fourth-order valence-electron chi connectivity index (χ4n) is 3.25. The van der Waals surface area contributed by atoms with Crippen molar-refractivity contribution >= 4 is 11.8 Å². The molecule has 0 saturated carbocycles. The van der Waals surface area contributed by atoms with Crippen molar-refractivity contribution in [3.8, 4) is 0 Å². The first-order valence-electron chi connectivity index (χ1n) is 7.40. The van der Waals surface area contributed by atoms with Crippen LogP contribution in [0.3, 0.4) is 0 Å². The van der Waals surface area contributed by atoms with Crippen molar-refractivity contribution in [1.29, 1.82) is 0 Å². The predicted octanol–water partition coefficient (Wildman–Crippen LogP) is 3.38. The Morgan fingerprint density at radius 2 is 1.95 bits per heavy atom. The molecule has 0 radical (unpaired) electrons. The van der Waals surface area contributed by atoms with Gasteiger partial charge in [0.1, 0.15) is 0 Å². The number of hydrogen-bond donors (Lipinski definition) is 0. The van der Waals surface area contributed by atoms with Crippen LogP contribution in [0.2, 0.25) is 0 Å². The molecule has 0 bridgehead atoms. The highest BCUT2D eigenvalue weighted by molar-refractivity contribution is 6.03. The lowest BCUT2D eigenvalue weighted by molar-refractivity contribution is 0.0598. The van der Waals surface area contributed by atoms with Gasteiger partial charge in [0.05, 0.1) is 12.7 Å². The second kappa shape index (κ2) is 5.76. The van der Waals surface area contributed by atoms with Gasteiger partial charge < -0.3 is 4.74 Å². The third kappa shape index (κ3) is 2.43. The van der Waals surface area contributed by atoms with Crippen molar-refractivity contribution < 1.29 is 14.3 Å². The van der Waals surface area contributed by atoms with E-state index in [1.807, 2.05) is 43.3 Å². The third-order valence-electron chi connectivity index (χ3n) is 4.33. The summed E-state index contributed by atoms with van der Waals surface area (Å²) in [4.78, 5) is 24.5. The zero-order valence-corrected chi connectivity index (χ0v) is 12.8. The number of carbonyl (C=O) groups is 2. The van der Waals surface area contributed by atoms with Crippen LogP contribution in [-0.4, -0.2) is 18.9 Å². The summed E-state index contributed by atoms with van der Waals surface area (Å²) in [6, 6.07) is 13.3. The van der Waals surface area contributed by atoms with Crippen molar-refractivity contribution in [3.05, 3.63) is 70.3 Å². The summed E-state index contributed by atoms with van der Waals surface area (Å²) in [5.74, 6) is -0.260. The van der Waals surface area contributed by atoms with E-state index in [4.69, 9.17) is 4.74 Å². The molecule has 3 nitrogen and oxygen atoms in total. The van der Waals surface area contributed by atoms with Crippen molar-refractivity contribution in [1.82, 2.24) is 0 Å². The van der Waals surface area contributed by atoms with Crippen LogP contribution < -0.4 is 0 Å². The van der Waals surface area contributed by atoms with Crippen LogP contribution >= 0.6 is 0 Å². The summed E-state index contributed by atoms with van der Waals surface area (Å²) >= 11 is 0. The van der Waals surface area contributed by atoms with Crippen molar-refractivity contribution in [2.45, 2.75) is 19.8 Å². The smallest absolute Gasteiger partial charge is 0.338 e. The molecular weight excluding hydrogens is 276 g/mol. The van der Waals surface area contributed by atoms with Crippen LogP contribution in [0, 0.1) is 12.8 Å². The molecule has 0 fully saturated rings. The monoisotopic (exact) mass is 294 g/mol. The van der Waals surface area contributed by atoms with Crippen LogP contribution in [0.5, 0.6) is 0 Å². The van der Waals surface area contributed by atoms with Gasteiger partial charge >= 0.3 is 5.97 Å². The van der Waals surface area contributed by atoms with Crippen LogP contribution in [0.4, 0.5) is 0 Å². The highest BCUT2D eigenvalue weighted by atomic mass is 16.5. The lowest BCUT2D eigenvalue weighted by Gasteiger charge is -2.11. The molecule has 22 heavy (non-hydrogen) atoms. The van der Waals surface area contributed by atoms with E-state index in [0.717, 1.165) is 28.7 Å². The largest absolute Gasteiger partial charge is 0.465 e. The van der Waals surface area contributed by atoms with Gasteiger partial charge in [0, 0.05) is 11.5 Å². The number of carbonyl (C=O) groups excluding carboxylic acids is 2. The zero-order chi connectivity index (χ0) is 15.7. The van der Waals surface area contributed by atoms with Gasteiger partial charge in [-0.15, -0.1) is 0 Å². The van der Waals surface area contributed by atoms with Crippen molar-refractivity contribution in [2.24, 2.45) is 5.92 Å². The SMILES string of the molecule is COC(=O)c1ccccc1CC1Cc2cccc(C)c2C1=O. The Labute approximate surface area is 129 Å². The average Bonchev–Trinajstić information content (AvgIpc) is 2.84. The molecule has 0 aromatic heterocycles. The minimum absolute atomic E-state index is 0.0955. The number of Topliss-reactive ketones (excluding diaryl/α,β-unsaturated/α-hetero) is 1. The standard InChI is InChI=1S/C19H18O3/c1-12-6-5-8-14-11-15(18(20)17(12)14)10-13-7-3-4-9-16(13)19(21)22-2/h3-9,15H,10-11H2,1-2H3. The Balaban J connectivity index is 1.89. The molecule has 1 aliphatic carbocycles. The van der Waals surface area contributed by atoms with Gasteiger partial charge in [0.2, 0.25) is 0 Å². The molecule has 112 valence electrons. The van der Waals surface area contributed by atoms with Gasteiger partial charge in [-0.3, -0.25) is 4.79 Å². The predicted molar refractivity (Wildman–Crippen MR) is 84.2 cm³/mol. The molecule has 0 N–H and O–H groups in total. The lowest BCUT2D eigenvalue weighted by Crippen LogP contribution is -2.15. The highest BCUT2D eigenvalue weighted by Gasteiger charge is 2.32. The van der Waals surface area contributed by atoms with Crippen molar-refractivity contribution in [3.63, 3.8) is 0 Å². The van der Waals surface area contributed by atoms with Gasteiger partial charge in [-0.05, 0) is 42.5 Å². The number of ketones is 1. The molecule has 0 aliphatic heterocycles. The minimum atomic E-state index is -0.352. The number of hydrogen-bond acceptors (Lipinski definition) is 3. The molecule has 3 rings (SSSR count). The van der Waals surface area contributed by atoms with E-state index >= 15 is 0 Å². The van der Waals surface area contributed by atoms with Gasteiger partial charge in [0.15, 0.2) is 5.78 Å². The molecule has 1 unspecified atom stereocenters. The molecule has 0 spiro atoms. The number of aryl methyl sites for hydroxylation is 1. The van der Waals surface area contributed by atoms with Crippen LogP contribution in [-0.2, 0) is 17.6 Å². The van der Waals surface area contributed by atoms with Gasteiger partial charge in [0.25, 0.3) is 0 Å². The maximum Gasteiger partial charge on any atom is 0.338 e. The van der Waals surface area contributed by atoms with E-state index in [1.54, 1.807) is 6.07 Å². The van der Waals surface area contributed by atoms with E-state index in [9.17, 15) is 9.59 Å². The topological polar surface area (TPSA) is 43.4 Å². The summed E-state index contributed by atoms with van der Waals surface area (Å²) < 4.78 is 4.83. The van der Waals surface area contributed by atoms with Gasteiger partial charge in [-0.1, -0.05) is 36.4 Å². The number of ether oxygens (including phenoxy) is 1. The molecular formula is C19H18O3. The lowest BCUT2D eigenvalue weighted by atomic mass is 9.92. The summed E-state index contributed by atoms with van der Waals surface area (Å²) in [5.41, 5.74) is 4.43. The molecule has 0 saturated heterocycles. The Morgan fingerprint density at radius 1 is 1.18 bits per heavy atom. The highest BCUT2D eigenvalue weighted by Crippen LogP contribution is 2.32. The molecule has 1 aliphatic rings. The average molecular weight is 294 g/mol. The van der Waals surface area contributed by atoms with Crippen LogP contribution in [0.15, 0.2) is 42.5 Å². The first-order valence-corrected chi connectivity index (χ1v) is 7.40. The van der Waals surface area contributed by atoms with Crippen LogP contribution in [0.1, 0.15) is 37.4 Å². The number of rotatable bonds is 3. The Morgan fingerprint density at radius 3 is 2.68 bits per heavy atom. The molecule has 1 atom stereocenters. The number of methoxy groups -OCH3 is 1. The molecule has 0 heterocycles. The maximum atomic E-state index is 12.7. The van der Waals surface area contributed by atoms with Gasteiger partial charge in [-0.2, -0.15) is 0 Å². The number of esters is 1. The first-order chi connectivity index (χ1) is 10.6. The Bertz CT molecular complexity index is 746. The van der Waals surface area contributed by atoms with E-state index in [0.29, 0.717) is 12.0 Å². The maximum absolute atomic E-state index is 12.7. The first kappa shape index (κ1) is 14.5. The molecule has 2 aromatic rings. The normalized spacial score (nSPS) is 16.5. The minimum Gasteiger partial charge on any atom is -0.465 e. The molecule has 2 aromatic carbocycles. The number of fused-ring (bicyclic) bond motifs is 1. The van der Waals surface area contributed by atoms with Gasteiger partial charge in [-0.25, -0.2) is 4.79 Å². The van der Waals surface area contributed by atoms with E-state index in [1.165, 1.54) is 7.11 Å². The fourth-order valence-corrected chi connectivity index (χ4v) is 3.25. The van der Waals surface area contributed by atoms with E-state index in [-0.39, 0.29) is 17.7 Å². The summed E-state index contributed by atoms with van der Waals surface area (Å²) in [6.07, 6.45) is 1.31. The van der Waals surface area contributed by atoms with E-state index < -0.39 is 0 Å². The summed E-state index contributed by atoms with van der Waals surface area (Å²) in [5, 5.41) is 0. The fraction of sp³-hybridized carbons (Fsp3) is 0.263. The quantitative estimate of drug-likeness (QED) is 0.815. The summed E-state index contributed by atoms with van der Waals surface area (Å²) in [7, 11) is 1.37.